The number of nitrogens with one attached hydrogen (secondary N) is 2. The highest BCUT2D eigenvalue weighted by molar-refractivity contribution is 7.89. The highest BCUT2D eigenvalue weighted by Crippen LogP contribution is 2.59. The van der Waals surface area contributed by atoms with Crippen LogP contribution in [0.2, 0.25) is 0 Å². The van der Waals surface area contributed by atoms with Crippen molar-refractivity contribution in [2.75, 3.05) is 19.7 Å². The third-order valence-electron chi connectivity index (χ3n) is 8.62. The Bertz CT molecular complexity index is 1070. The molecule has 4 bridgehead atoms. The first-order chi connectivity index (χ1) is 16.7. The quantitative estimate of drug-likeness (QED) is 0.472. The number of sulfonamides is 1. The predicted octanol–water partition coefficient (Wildman–Crippen LogP) is 2.06. The van der Waals surface area contributed by atoms with Gasteiger partial charge in [0.05, 0.1) is 17.5 Å². The number of amides is 2. The topological polar surface area (TPSA) is 116 Å². The van der Waals surface area contributed by atoms with Crippen LogP contribution in [-0.2, 0) is 14.8 Å². The van der Waals surface area contributed by atoms with Crippen LogP contribution in [0.15, 0.2) is 41.8 Å². The van der Waals surface area contributed by atoms with Crippen molar-refractivity contribution in [3.05, 3.63) is 42.5 Å². The maximum Gasteiger partial charge on any atom is 0.251 e. The number of carbonyl (C=O) groups is 2. The van der Waals surface area contributed by atoms with E-state index in [1.54, 1.807) is 12.1 Å². The molecule has 9 heteroatoms. The van der Waals surface area contributed by atoms with Crippen molar-refractivity contribution in [2.24, 2.45) is 23.2 Å². The van der Waals surface area contributed by atoms with Gasteiger partial charge in [0.25, 0.3) is 5.91 Å². The van der Waals surface area contributed by atoms with Crippen molar-refractivity contribution < 1.29 is 23.1 Å². The molecule has 0 aromatic heterocycles. The van der Waals surface area contributed by atoms with E-state index in [9.17, 15) is 23.1 Å². The van der Waals surface area contributed by atoms with Crippen LogP contribution in [0.25, 0.3) is 0 Å². The Hall–Kier alpha value is -2.23. The summed E-state index contributed by atoms with van der Waals surface area (Å²) in [5.41, 5.74) is 0.672. The summed E-state index contributed by atoms with van der Waals surface area (Å²) in [7, 11) is -3.90. The summed E-state index contributed by atoms with van der Waals surface area (Å²) in [5.74, 6) is 1.91. The molecule has 5 fully saturated rings. The maximum atomic E-state index is 13.3. The third kappa shape index (κ3) is 4.78. The van der Waals surface area contributed by atoms with E-state index in [1.807, 2.05) is 0 Å². The number of rotatable bonds is 8. The van der Waals surface area contributed by atoms with Crippen molar-refractivity contribution in [3.8, 4) is 0 Å². The SMILES string of the molecule is C=CC(=O)NC1CC(CO)N(S(=O)(=O)c2ccc(C(=O)NCC34CC5CC(CC(C5)C3)C4)cc2)C1. The van der Waals surface area contributed by atoms with E-state index in [-0.39, 0.29) is 35.3 Å². The fourth-order valence-corrected chi connectivity index (χ4v) is 9.17. The average Bonchev–Trinajstić information content (AvgIpc) is 3.25. The molecule has 1 saturated heterocycles. The van der Waals surface area contributed by atoms with E-state index in [2.05, 4.69) is 17.2 Å². The Morgan fingerprint density at radius 3 is 2.20 bits per heavy atom. The summed E-state index contributed by atoms with van der Waals surface area (Å²) < 4.78 is 27.7. The molecule has 1 aromatic carbocycles. The second-order valence-electron chi connectivity index (χ2n) is 11.2. The van der Waals surface area contributed by atoms with Crippen molar-refractivity contribution in [1.29, 1.82) is 0 Å². The molecule has 35 heavy (non-hydrogen) atoms. The minimum absolute atomic E-state index is 0.0595. The number of aliphatic hydroxyl groups is 1. The van der Waals surface area contributed by atoms with Gasteiger partial charge in [-0.15, -0.1) is 0 Å². The molecular weight excluding hydrogens is 466 g/mol. The molecule has 5 aliphatic rings. The number of benzene rings is 1. The average molecular weight is 502 g/mol. The molecule has 1 heterocycles. The van der Waals surface area contributed by atoms with E-state index < -0.39 is 22.1 Å². The van der Waals surface area contributed by atoms with Crippen molar-refractivity contribution in [2.45, 2.75) is 61.9 Å². The smallest absolute Gasteiger partial charge is 0.251 e. The number of nitrogens with zero attached hydrogens (tertiary/aromatic N) is 1. The Balaban J connectivity index is 1.23. The molecule has 0 radical (unpaired) electrons. The van der Waals surface area contributed by atoms with Gasteiger partial charge < -0.3 is 15.7 Å². The lowest BCUT2D eigenvalue weighted by atomic mass is 9.49. The molecule has 6 rings (SSSR count). The van der Waals surface area contributed by atoms with Crippen LogP contribution in [0.5, 0.6) is 0 Å². The summed E-state index contributed by atoms with van der Waals surface area (Å²) in [6.07, 6.45) is 9.18. The molecule has 0 spiro atoms. The summed E-state index contributed by atoms with van der Waals surface area (Å²) in [5, 5.41) is 15.6. The molecule has 1 aromatic rings. The number of hydrogen-bond acceptors (Lipinski definition) is 5. The molecule has 4 saturated carbocycles. The van der Waals surface area contributed by atoms with Gasteiger partial charge in [0.2, 0.25) is 15.9 Å². The van der Waals surface area contributed by atoms with Crippen molar-refractivity contribution in [1.82, 2.24) is 14.9 Å². The number of carbonyl (C=O) groups excluding carboxylic acids is 2. The zero-order valence-electron chi connectivity index (χ0n) is 20.0. The van der Waals surface area contributed by atoms with Gasteiger partial charge in [-0.3, -0.25) is 9.59 Å². The van der Waals surface area contributed by atoms with Gasteiger partial charge in [-0.2, -0.15) is 4.31 Å². The highest BCUT2D eigenvalue weighted by atomic mass is 32.2. The molecule has 4 aliphatic carbocycles. The highest BCUT2D eigenvalue weighted by Gasteiger charge is 2.50. The summed E-state index contributed by atoms with van der Waals surface area (Å²) in [6.45, 7) is 3.83. The zero-order chi connectivity index (χ0) is 24.8. The van der Waals surface area contributed by atoms with Crippen LogP contribution < -0.4 is 10.6 Å². The third-order valence-corrected chi connectivity index (χ3v) is 10.6. The Labute approximate surface area is 207 Å². The van der Waals surface area contributed by atoms with E-state index in [4.69, 9.17) is 0 Å². The van der Waals surface area contributed by atoms with Gasteiger partial charge in [0.15, 0.2) is 0 Å². The maximum absolute atomic E-state index is 13.3. The molecule has 1 aliphatic heterocycles. The first-order valence-electron chi connectivity index (χ1n) is 12.7. The van der Waals surface area contributed by atoms with Crippen LogP contribution in [0, 0.1) is 23.2 Å². The number of hydrogen-bond donors (Lipinski definition) is 3. The molecule has 2 amide bonds. The largest absolute Gasteiger partial charge is 0.395 e. The Morgan fingerprint density at radius 2 is 1.66 bits per heavy atom. The van der Waals surface area contributed by atoms with Gasteiger partial charge in [-0.25, -0.2) is 8.42 Å². The molecule has 3 N–H and O–H groups in total. The zero-order valence-corrected chi connectivity index (χ0v) is 20.8. The van der Waals surface area contributed by atoms with Crippen LogP contribution >= 0.6 is 0 Å². The van der Waals surface area contributed by atoms with E-state index in [0.29, 0.717) is 18.5 Å². The minimum Gasteiger partial charge on any atom is -0.395 e. The minimum atomic E-state index is -3.90. The number of aliphatic hydroxyl groups excluding tert-OH is 1. The first kappa shape index (κ1) is 24.5. The van der Waals surface area contributed by atoms with Crippen molar-refractivity contribution in [3.63, 3.8) is 0 Å². The van der Waals surface area contributed by atoms with Crippen LogP contribution in [0.1, 0.15) is 55.3 Å². The van der Waals surface area contributed by atoms with Crippen molar-refractivity contribution >= 4 is 21.8 Å². The molecule has 2 atom stereocenters. The molecule has 8 nitrogen and oxygen atoms in total. The summed E-state index contributed by atoms with van der Waals surface area (Å²) in [6, 6.07) is 4.95. The second kappa shape index (κ2) is 9.33. The standard InChI is InChI=1S/C26H35N3O5S/c1-2-24(31)28-21-10-22(15-30)29(14-21)35(33,34)23-5-3-20(4-6-23)25(32)27-16-26-11-17-7-18(12-26)9-19(8-17)13-26/h2-6,17-19,21-22,30H,1,7-16H2,(H,27,32)(H,28,31). The van der Waals surface area contributed by atoms with E-state index in [1.165, 1.54) is 55.0 Å². The lowest BCUT2D eigenvalue weighted by Gasteiger charge is -2.56. The molecule has 2 unspecified atom stereocenters. The first-order valence-corrected chi connectivity index (χ1v) is 14.1. The van der Waals surface area contributed by atoms with Gasteiger partial charge in [-0.1, -0.05) is 6.58 Å². The van der Waals surface area contributed by atoms with E-state index in [0.717, 1.165) is 23.8 Å². The lowest BCUT2D eigenvalue weighted by Crippen LogP contribution is -2.51. The summed E-state index contributed by atoms with van der Waals surface area (Å²) >= 11 is 0. The summed E-state index contributed by atoms with van der Waals surface area (Å²) in [4.78, 5) is 24.6. The van der Waals surface area contributed by atoms with Gasteiger partial charge >= 0.3 is 0 Å². The molecule has 190 valence electrons. The second-order valence-corrected chi connectivity index (χ2v) is 13.1. The van der Waals surface area contributed by atoms with Crippen LogP contribution in [0.4, 0.5) is 0 Å². The fourth-order valence-electron chi connectivity index (χ4n) is 7.50. The van der Waals surface area contributed by atoms with Crippen LogP contribution in [-0.4, -0.2) is 61.4 Å². The monoisotopic (exact) mass is 501 g/mol. The lowest BCUT2D eigenvalue weighted by molar-refractivity contribution is -0.117. The predicted molar refractivity (Wildman–Crippen MR) is 131 cm³/mol. The van der Waals surface area contributed by atoms with Gasteiger partial charge in [0, 0.05) is 24.7 Å². The normalized spacial score (nSPS) is 34.0. The van der Waals surface area contributed by atoms with E-state index >= 15 is 0 Å². The fraction of sp³-hybridized carbons (Fsp3) is 0.615. The Morgan fingerprint density at radius 1 is 1.06 bits per heavy atom. The molecular formula is C26H35N3O5S. The van der Waals surface area contributed by atoms with Gasteiger partial charge in [0.1, 0.15) is 0 Å². The van der Waals surface area contributed by atoms with Gasteiger partial charge in [-0.05, 0) is 98.5 Å². The Kier molecular flexibility index (Phi) is 6.52. The van der Waals surface area contributed by atoms with Crippen LogP contribution in [0.3, 0.4) is 0 Å².